The third kappa shape index (κ3) is 4.21. The summed E-state index contributed by atoms with van der Waals surface area (Å²) in [6.07, 6.45) is 1.63. The van der Waals surface area contributed by atoms with Gasteiger partial charge < -0.3 is 5.32 Å². The zero-order chi connectivity index (χ0) is 24.6. The molecule has 0 atom stereocenters. The van der Waals surface area contributed by atoms with Crippen LogP contribution in [-0.2, 0) is 16.4 Å². The minimum absolute atomic E-state index is 0.162. The van der Waals surface area contributed by atoms with Gasteiger partial charge in [0, 0.05) is 12.1 Å². The minimum atomic E-state index is -3.73. The van der Waals surface area contributed by atoms with Crippen molar-refractivity contribution >= 4 is 27.3 Å². The van der Waals surface area contributed by atoms with Gasteiger partial charge in [-0.25, -0.2) is 13.1 Å². The lowest BCUT2D eigenvalue weighted by atomic mass is 10.0. The maximum absolute atomic E-state index is 13.4. The Morgan fingerprint density at radius 2 is 1.60 bits per heavy atom. The zero-order valence-electron chi connectivity index (χ0n) is 19.6. The number of aromatic nitrogens is 2. The quantitative estimate of drug-likeness (QED) is 0.436. The monoisotopic (exact) mass is 486 g/mol. The molecule has 1 N–H and O–H groups in total. The Hall–Kier alpha value is -3.91. The first-order valence-electron chi connectivity index (χ1n) is 11.5. The number of fused-ring (bicyclic) bond motifs is 1. The van der Waals surface area contributed by atoms with E-state index in [4.69, 9.17) is 0 Å². The Kier molecular flexibility index (Phi) is 5.90. The number of carbonyl (C=O) groups excluding carboxylic acids is 1. The molecular formula is C27H26N4O3S. The molecule has 1 aliphatic rings. The topological polar surface area (TPSA) is 84.3 Å². The summed E-state index contributed by atoms with van der Waals surface area (Å²) in [5.41, 5.74) is 5.17. The maximum Gasteiger partial charge on any atom is 0.264 e. The highest BCUT2D eigenvalue weighted by atomic mass is 32.2. The van der Waals surface area contributed by atoms with E-state index in [0.29, 0.717) is 23.5 Å². The molecule has 3 aromatic carbocycles. The highest BCUT2D eigenvalue weighted by Crippen LogP contribution is 2.32. The van der Waals surface area contributed by atoms with E-state index in [-0.39, 0.29) is 10.8 Å². The van der Waals surface area contributed by atoms with Gasteiger partial charge in [-0.05, 0) is 74.7 Å². The molecule has 0 unspecified atom stereocenters. The summed E-state index contributed by atoms with van der Waals surface area (Å²) in [5, 5.41) is 7.50. The number of anilines is 2. The van der Waals surface area contributed by atoms with E-state index < -0.39 is 10.0 Å². The van der Waals surface area contributed by atoms with Crippen LogP contribution in [0.2, 0.25) is 0 Å². The number of amides is 1. The van der Waals surface area contributed by atoms with Crippen molar-refractivity contribution in [1.82, 2.24) is 9.78 Å². The molecule has 0 radical (unpaired) electrons. The predicted octanol–water partition coefficient (Wildman–Crippen LogP) is 4.88. The second-order valence-corrected chi connectivity index (χ2v) is 10.4. The van der Waals surface area contributed by atoms with Crippen LogP contribution in [0.25, 0.3) is 5.69 Å². The molecule has 4 aromatic rings. The average Bonchev–Trinajstić information content (AvgIpc) is 3.17. The molecule has 0 bridgehead atoms. The number of sulfonamides is 1. The van der Waals surface area contributed by atoms with E-state index in [1.165, 1.54) is 16.4 Å². The number of benzene rings is 3. The molecular weight excluding hydrogens is 460 g/mol. The van der Waals surface area contributed by atoms with Gasteiger partial charge in [-0.2, -0.15) is 5.10 Å². The van der Waals surface area contributed by atoms with Crippen LogP contribution in [0, 0.1) is 13.8 Å². The van der Waals surface area contributed by atoms with Gasteiger partial charge in [0.15, 0.2) is 0 Å². The van der Waals surface area contributed by atoms with Crippen molar-refractivity contribution in [3.05, 3.63) is 101 Å². The smallest absolute Gasteiger partial charge is 0.264 e. The number of aryl methyl sites for hydroxylation is 2. The van der Waals surface area contributed by atoms with Crippen molar-refractivity contribution < 1.29 is 13.2 Å². The number of nitrogens with one attached hydrogen (secondary N) is 1. The molecule has 178 valence electrons. The average molecular weight is 487 g/mol. The Morgan fingerprint density at radius 3 is 2.34 bits per heavy atom. The van der Waals surface area contributed by atoms with Gasteiger partial charge in [0.2, 0.25) is 0 Å². The van der Waals surface area contributed by atoms with Crippen LogP contribution >= 0.6 is 0 Å². The SMILES string of the molecule is Cc1nn(-c2ccccc2)c(C)c1NC(=O)c1ccc(S(=O)(=O)N2CCCc3ccccc32)cc1. The molecule has 5 rings (SSSR count). The fourth-order valence-electron chi connectivity index (χ4n) is 4.48. The summed E-state index contributed by atoms with van der Waals surface area (Å²) in [6.45, 7) is 4.18. The molecule has 2 heterocycles. The first-order chi connectivity index (χ1) is 16.9. The molecule has 0 saturated heterocycles. The van der Waals surface area contributed by atoms with Crippen LogP contribution in [-0.4, -0.2) is 30.7 Å². The number of para-hydroxylation sites is 2. The van der Waals surface area contributed by atoms with Crippen molar-refractivity contribution in [3.8, 4) is 5.69 Å². The van der Waals surface area contributed by atoms with E-state index in [0.717, 1.165) is 35.5 Å². The molecule has 0 saturated carbocycles. The molecule has 1 amide bonds. The second-order valence-electron chi connectivity index (χ2n) is 8.58. The van der Waals surface area contributed by atoms with Gasteiger partial charge in [-0.15, -0.1) is 0 Å². The number of carbonyl (C=O) groups is 1. The van der Waals surface area contributed by atoms with Crippen LogP contribution in [0.5, 0.6) is 0 Å². The van der Waals surface area contributed by atoms with Crippen molar-refractivity contribution in [1.29, 1.82) is 0 Å². The Morgan fingerprint density at radius 1 is 0.914 bits per heavy atom. The van der Waals surface area contributed by atoms with Crippen molar-refractivity contribution in [2.75, 3.05) is 16.2 Å². The molecule has 1 aromatic heterocycles. The Balaban J connectivity index is 1.37. The number of hydrogen-bond acceptors (Lipinski definition) is 4. The number of rotatable bonds is 5. The Labute approximate surface area is 205 Å². The lowest BCUT2D eigenvalue weighted by molar-refractivity contribution is 0.102. The first-order valence-corrected chi connectivity index (χ1v) is 12.9. The maximum atomic E-state index is 13.4. The molecule has 1 aliphatic heterocycles. The van der Waals surface area contributed by atoms with Crippen LogP contribution < -0.4 is 9.62 Å². The van der Waals surface area contributed by atoms with E-state index in [2.05, 4.69) is 10.4 Å². The normalized spacial score (nSPS) is 13.4. The zero-order valence-corrected chi connectivity index (χ0v) is 20.4. The van der Waals surface area contributed by atoms with Gasteiger partial charge in [-0.1, -0.05) is 36.4 Å². The number of nitrogens with zero attached hydrogens (tertiary/aromatic N) is 3. The largest absolute Gasteiger partial charge is 0.319 e. The van der Waals surface area contributed by atoms with Crippen LogP contribution in [0.3, 0.4) is 0 Å². The lowest BCUT2D eigenvalue weighted by Crippen LogP contribution is -2.35. The third-order valence-corrected chi connectivity index (χ3v) is 8.13. The van der Waals surface area contributed by atoms with Crippen LogP contribution in [0.4, 0.5) is 11.4 Å². The van der Waals surface area contributed by atoms with E-state index >= 15 is 0 Å². The van der Waals surface area contributed by atoms with Gasteiger partial charge in [0.05, 0.1) is 33.3 Å². The van der Waals surface area contributed by atoms with E-state index in [9.17, 15) is 13.2 Å². The van der Waals surface area contributed by atoms with Crippen LogP contribution in [0.1, 0.15) is 33.7 Å². The summed E-state index contributed by atoms with van der Waals surface area (Å²) >= 11 is 0. The Bertz CT molecular complexity index is 1490. The first kappa shape index (κ1) is 22.9. The molecule has 35 heavy (non-hydrogen) atoms. The highest BCUT2D eigenvalue weighted by molar-refractivity contribution is 7.92. The highest BCUT2D eigenvalue weighted by Gasteiger charge is 2.29. The predicted molar refractivity (Wildman–Crippen MR) is 137 cm³/mol. The fourth-order valence-corrected chi connectivity index (χ4v) is 6.03. The summed E-state index contributed by atoms with van der Waals surface area (Å²) < 4.78 is 30.0. The summed E-state index contributed by atoms with van der Waals surface area (Å²) in [5.74, 6) is -0.323. The molecule has 8 heteroatoms. The van der Waals surface area contributed by atoms with E-state index in [1.807, 2.05) is 68.4 Å². The second kappa shape index (κ2) is 9.03. The van der Waals surface area contributed by atoms with Gasteiger partial charge in [0.1, 0.15) is 0 Å². The lowest BCUT2D eigenvalue weighted by Gasteiger charge is -2.30. The van der Waals surface area contributed by atoms with Gasteiger partial charge >= 0.3 is 0 Å². The number of hydrogen-bond donors (Lipinski definition) is 1. The molecule has 7 nitrogen and oxygen atoms in total. The molecule has 0 spiro atoms. The minimum Gasteiger partial charge on any atom is -0.319 e. The van der Waals surface area contributed by atoms with Crippen molar-refractivity contribution in [3.63, 3.8) is 0 Å². The van der Waals surface area contributed by atoms with Gasteiger partial charge in [0.25, 0.3) is 15.9 Å². The van der Waals surface area contributed by atoms with Gasteiger partial charge in [-0.3, -0.25) is 9.10 Å². The van der Waals surface area contributed by atoms with Crippen molar-refractivity contribution in [2.45, 2.75) is 31.6 Å². The summed E-state index contributed by atoms with van der Waals surface area (Å²) in [7, 11) is -3.73. The van der Waals surface area contributed by atoms with Crippen molar-refractivity contribution in [2.24, 2.45) is 0 Å². The fraction of sp³-hybridized carbons (Fsp3) is 0.185. The van der Waals surface area contributed by atoms with E-state index in [1.54, 1.807) is 16.8 Å². The molecule has 0 aliphatic carbocycles. The van der Waals surface area contributed by atoms with Crippen LogP contribution in [0.15, 0.2) is 83.8 Å². The third-order valence-electron chi connectivity index (χ3n) is 6.30. The standard InChI is InChI=1S/C27H26N4O3S/c1-19-26(20(2)31(29-19)23-11-4-3-5-12-23)28-27(32)22-14-16-24(17-15-22)35(33,34)30-18-8-10-21-9-6-7-13-25(21)30/h3-7,9,11-17H,8,10,18H2,1-2H3,(H,28,32). The molecule has 0 fully saturated rings. The summed E-state index contributed by atoms with van der Waals surface area (Å²) in [4.78, 5) is 13.1. The summed E-state index contributed by atoms with van der Waals surface area (Å²) in [6, 6.07) is 23.4.